The van der Waals surface area contributed by atoms with Gasteiger partial charge in [-0.25, -0.2) is 4.98 Å². The number of rotatable bonds is 3. The Morgan fingerprint density at radius 3 is 2.65 bits per heavy atom. The maximum atomic E-state index is 9.17. The fraction of sp³-hybridized carbons (Fsp3) is 0.143. The van der Waals surface area contributed by atoms with Gasteiger partial charge in [0.05, 0.1) is 6.07 Å². The second kappa shape index (κ2) is 5.13. The summed E-state index contributed by atoms with van der Waals surface area (Å²) >= 11 is 0. The topological polar surface area (TPSA) is 48.7 Å². The predicted molar refractivity (Wildman–Crippen MR) is 67.4 cm³/mol. The number of nitrogens with zero attached hydrogens (tertiary/aromatic N) is 2. The van der Waals surface area contributed by atoms with Crippen molar-refractivity contribution in [2.45, 2.75) is 13.0 Å². The van der Waals surface area contributed by atoms with Crippen molar-refractivity contribution in [1.82, 2.24) is 4.98 Å². The molecule has 1 unspecified atom stereocenters. The molecule has 1 heterocycles. The Hall–Kier alpha value is -2.34. The van der Waals surface area contributed by atoms with E-state index in [9.17, 15) is 0 Å². The smallest absolute Gasteiger partial charge is 0.141 e. The van der Waals surface area contributed by atoms with Gasteiger partial charge in [0.2, 0.25) is 0 Å². The first-order valence-corrected chi connectivity index (χ1v) is 5.43. The molecule has 0 aliphatic rings. The predicted octanol–water partition coefficient (Wildman–Crippen LogP) is 3.07. The Bertz CT molecular complexity index is 529. The third-order valence-corrected chi connectivity index (χ3v) is 2.47. The van der Waals surface area contributed by atoms with Gasteiger partial charge in [-0.15, -0.1) is 0 Å². The van der Waals surface area contributed by atoms with Gasteiger partial charge in [-0.1, -0.05) is 30.3 Å². The maximum absolute atomic E-state index is 9.17. The highest BCUT2D eigenvalue weighted by Gasteiger charge is 2.09. The number of nitriles is 1. The monoisotopic (exact) mass is 223 g/mol. The molecule has 1 N–H and O–H groups in total. The molecule has 0 saturated heterocycles. The standard InChI is InChI=1S/C14H13N3/c1-11-7-8-16-14(9-11)17-13(10-15)12-5-3-2-4-6-12/h2-9,13H,1H3,(H,16,17). The fourth-order valence-corrected chi connectivity index (χ4v) is 1.60. The third-order valence-electron chi connectivity index (χ3n) is 2.47. The lowest BCUT2D eigenvalue weighted by Gasteiger charge is -2.12. The first-order chi connectivity index (χ1) is 8.29. The van der Waals surface area contributed by atoms with Gasteiger partial charge in [-0.3, -0.25) is 0 Å². The first-order valence-electron chi connectivity index (χ1n) is 5.43. The summed E-state index contributed by atoms with van der Waals surface area (Å²) in [5.74, 6) is 0.723. The number of hydrogen-bond acceptors (Lipinski definition) is 3. The summed E-state index contributed by atoms with van der Waals surface area (Å²) < 4.78 is 0. The van der Waals surface area contributed by atoms with Crippen LogP contribution in [0.2, 0.25) is 0 Å². The lowest BCUT2D eigenvalue weighted by atomic mass is 10.1. The summed E-state index contributed by atoms with van der Waals surface area (Å²) in [5.41, 5.74) is 2.06. The number of hydrogen-bond donors (Lipinski definition) is 1. The number of aryl methyl sites for hydroxylation is 1. The molecule has 0 radical (unpaired) electrons. The Kier molecular flexibility index (Phi) is 3.37. The van der Waals surface area contributed by atoms with E-state index in [1.165, 1.54) is 0 Å². The van der Waals surface area contributed by atoms with E-state index in [4.69, 9.17) is 5.26 Å². The molecule has 0 bridgehead atoms. The molecule has 17 heavy (non-hydrogen) atoms. The van der Waals surface area contributed by atoms with Crippen molar-refractivity contribution < 1.29 is 0 Å². The Morgan fingerprint density at radius 2 is 2.00 bits per heavy atom. The summed E-state index contributed by atoms with van der Waals surface area (Å²) in [6.45, 7) is 2.00. The van der Waals surface area contributed by atoms with Crippen molar-refractivity contribution in [2.24, 2.45) is 0 Å². The molecule has 3 heteroatoms. The minimum Gasteiger partial charge on any atom is -0.351 e. The highest BCUT2D eigenvalue weighted by atomic mass is 15.0. The van der Waals surface area contributed by atoms with Crippen molar-refractivity contribution in [3.8, 4) is 6.07 Å². The molecule has 1 atom stereocenters. The molecule has 0 saturated carbocycles. The van der Waals surface area contributed by atoms with E-state index in [-0.39, 0.29) is 6.04 Å². The van der Waals surface area contributed by atoms with E-state index in [1.54, 1.807) is 6.20 Å². The minimum atomic E-state index is -0.370. The van der Waals surface area contributed by atoms with Crippen molar-refractivity contribution in [3.63, 3.8) is 0 Å². The van der Waals surface area contributed by atoms with E-state index in [0.717, 1.165) is 16.9 Å². The molecule has 0 aliphatic heterocycles. The SMILES string of the molecule is Cc1ccnc(NC(C#N)c2ccccc2)c1. The van der Waals surface area contributed by atoms with Gasteiger partial charge in [-0.05, 0) is 30.2 Å². The highest BCUT2D eigenvalue weighted by molar-refractivity contribution is 5.42. The molecule has 2 aromatic rings. The van der Waals surface area contributed by atoms with Gasteiger partial charge in [0.25, 0.3) is 0 Å². The van der Waals surface area contributed by atoms with Gasteiger partial charge in [0.15, 0.2) is 0 Å². The second-order valence-corrected chi connectivity index (χ2v) is 3.84. The van der Waals surface area contributed by atoms with Gasteiger partial charge in [0.1, 0.15) is 11.9 Å². The molecule has 2 rings (SSSR count). The van der Waals surface area contributed by atoms with Crippen LogP contribution >= 0.6 is 0 Å². The zero-order chi connectivity index (χ0) is 12.1. The van der Waals surface area contributed by atoms with Crippen LogP contribution in [-0.4, -0.2) is 4.98 Å². The molecular formula is C14H13N3. The summed E-state index contributed by atoms with van der Waals surface area (Å²) in [6.07, 6.45) is 1.73. The van der Waals surface area contributed by atoms with E-state index in [2.05, 4.69) is 16.4 Å². The Balaban J connectivity index is 2.20. The number of benzene rings is 1. The van der Waals surface area contributed by atoms with Crippen LogP contribution in [0.15, 0.2) is 48.7 Å². The fourth-order valence-electron chi connectivity index (χ4n) is 1.60. The van der Waals surface area contributed by atoms with E-state index >= 15 is 0 Å². The molecule has 3 nitrogen and oxygen atoms in total. The summed E-state index contributed by atoms with van der Waals surface area (Å²) in [6, 6.07) is 15.3. The molecular weight excluding hydrogens is 210 g/mol. The van der Waals surface area contributed by atoms with Crippen LogP contribution in [0.25, 0.3) is 0 Å². The number of aromatic nitrogens is 1. The molecule has 1 aromatic carbocycles. The normalized spacial score (nSPS) is 11.5. The van der Waals surface area contributed by atoms with Gasteiger partial charge in [0, 0.05) is 6.20 Å². The second-order valence-electron chi connectivity index (χ2n) is 3.84. The van der Waals surface area contributed by atoms with Crippen LogP contribution in [-0.2, 0) is 0 Å². The van der Waals surface area contributed by atoms with Crippen LogP contribution < -0.4 is 5.32 Å². The maximum Gasteiger partial charge on any atom is 0.141 e. The summed E-state index contributed by atoms with van der Waals surface area (Å²) in [4.78, 5) is 4.19. The minimum absolute atomic E-state index is 0.370. The quantitative estimate of drug-likeness (QED) is 0.869. The van der Waals surface area contributed by atoms with Crippen LogP contribution in [0.5, 0.6) is 0 Å². The summed E-state index contributed by atoms with van der Waals surface area (Å²) in [5, 5.41) is 12.3. The van der Waals surface area contributed by atoms with Crippen LogP contribution in [0.1, 0.15) is 17.2 Å². The zero-order valence-corrected chi connectivity index (χ0v) is 9.59. The van der Waals surface area contributed by atoms with E-state index in [0.29, 0.717) is 0 Å². The average molecular weight is 223 g/mol. The van der Waals surface area contributed by atoms with Crippen molar-refractivity contribution in [1.29, 1.82) is 5.26 Å². The Labute approximate surface area is 101 Å². The lowest BCUT2D eigenvalue weighted by Crippen LogP contribution is -2.09. The average Bonchev–Trinajstić information content (AvgIpc) is 2.37. The molecule has 1 aromatic heterocycles. The van der Waals surface area contributed by atoms with Gasteiger partial charge >= 0.3 is 0 Å². The number of anilines is 1. The molecule has 84 valence electrons. The van der Waals surface area contributed by atoms with Crippen LogP contribution in [0.4, 0.5) is 5.82 Å². The third kappa shape index (κ3) is 2.82. The van der Waals surface area contributed by atoms with Gasteiger partial charge in [-0.2, -0.15) is 5.26 Å². The van der Waals surface area contributed by atoms with Crippen LogP contribution in [0, 0.1) is 18.3 Å². The molecule has 0 spiro atoms. The molecule has 0 aliphatic carbocycles. The van der Waals surface area contributed by atoms with Crippen molar-refractivity contribution in [3.05, 3.63) is 59.8 Å². The van der Waals surface area contributed by atoms with E-state index in [1.807, 2.05) is 49.4 Å². The largest absolute Gasteiger partial charge is 0.351 e. The summed E-state index contributed by atoms with van der Waals surface area (Å²) in [7, 11) is 0. The molecule has 0 fully saturated rings. The number of pyridine rings is 1. The molecule has 0 amide bonds. The van der Waals surface area contributed by atoms with Crippen molar-refractivity contribution in [2.75, 3.05) is 5.32 Å². The highest BCUT2D eigenvalue weighted by Crippen LogP contribution is 2.17. The van der Waals surface area contributed by atoms with Crippen LogP contribution in [0.3, 0.4) is 0 Å². The van der Waals surface area contributed by atoms with E-state index < -0.39 is 0 Å². The lowest BCUT2D eigenvalue weighted by molar-refractivity contribution is 0.979. The van der Waals surface area contributed by atoms with Crippen molar-refractivity contribution >= 4 is 5.82 Å². The first kappa shape index (κ1) is 11.2. The van der Waals surface area contributed by atoms with Gasteiger partial charge < -0.3 is 5.32 Å². The Morgan fingerprint density at radius 1 is 1.24 bits per heavy atom. The zero-order valence-electron chi connectivity index (χ0n) is 9.59. The number of nitrogens with one attached hydrogen (secondary N) is 1.